The Labute approximate surface area is 150 Å². The summed E-state index contributed by atoms with van der Waals surface area (Å²) in [7, 11) is 0. The molecular weight excluding hydrogens is 371 g/mol. The van der Waals surface area contributed by atoms with Crippen molar-refractivity contribution in [1.29, 1.82) is 0 Å². The summed E-state index contributed by atoms with van der Waals surface area (Å²) in [5, 5.41) is 14.4. The number of amides is 3. The first-order chi connectivity index (χ1) is 12.7. The fraction of sp³-hybridized carbons (Fsp3) is 0.400. The number of aromatic nitrogens is 1. The number of urea groups is 1. The number of furan rings is 1. The molecule has 27 heavy (non-hydrogen) atoms. The van der Waals surface area contributed by atoms with Gasteiger partial charge in [0, 0.05) is 25.3 Å². The number of alkyl halides is 3. The highest BCUT2D eigenvalue weighted by Crippen LogP contribution is 2.32. The Hall–Kier alpha value is -2.86. The molecule has 0 aromatic carbocycles. The van der Waals surface area contributed by atoms with E-state index in [0.717, 1.165) is 0 Å². The molecule has 5 N–H and O–H groups in total. The fourth-order valence-electron chi connectivity index (χ4n) is 2.80. The Morgan fingerprint density at radius 2 is 2.19 bits per heavy atom. The second-order valence-corrected chi connectivity index (χ2v) is 5.98. The molecule has 1 saturated heterocycles. The molecular formula is C15H16F3N5O4. The summed E-state index contributed by atoms with van der Waals surface area (Å²) >= 11 is 0. The highest BCUT2D eigenvalue weighted by atomic mass is 19.4. The van der Waals surface area contributed by atoms with Gasteiger partial charge < -0.3 is 25.1 Å². The van der Waals surface area contributed by atoms with Gasteiger partial charge in [0.25, 0.3) is 0 Å². The molecule has 2 aromatic heterocycles. The third kappa shape index (κ3) is 3.95. The summed E-state index contributed by atoms with van der Waals surface area (Å²) in [6.45, 7) is 0.0470. The SMILES string of the molecule is NC(O)c1oc2ncccc2c1NC(=O)N1CC[C@@H](NC(=O)C(F)(F)F)C1. The molecule has 3 heterocycles. The van der Waals surface area contributed by atoms with E-state index in [4.69, 9.17) is 10.2 Å². The largest absolute Gasteiger partial charge is 0.471 e. The number of likely N-dealkylation sites (tertiary alicyclic amines) is 1. The lowest BCUT2D eigenvalue weighted by Gasteiger charge is -2.18. The zero-order valence-corrected chi connectivity index (χ0v) is 13.8. The monoisotopic (exact) mass is 387 g/mol. The second kappa shape index (κ2) is 7.04. The smallest absolute Gasteiger partial charge is 0.436 e. The third-order valence-corrected chi connectivity index (χ3v) is 4.06. The predicted molar refractivity (Wildman–Crippen MR) is 86.4 cm³/mol. The van der Waals surface area contributed by atoms with Crippen LogP contribution in [-0.4, -0.2) is 52.2 Å². The van der Waals surface area contributed by atoms with Crippen LogP contribution in [0, 0.1) is 0 Å². The summed E-state index contributed by atoms with van der Waals surface area (Å²) in [5.41, 5.74) is 5.72. The van der Waals surface area contributed by atoms with Gasteiger partial charge in [-0.2, -0.15) is 13.2 Å². The lowest BCUT2D eigenvalue weighted by atomic mass is 10.2. The van der Waals surface area contributed by atoms with Gasteiger partial charge in [-0.25, -0.2) is 9.78 Å². The molecule has 146 valence electrons. The number of fused-ring (bicyclic) bond motifs is 1. The molecule has 1 aliphatic heterocycles. The van der Waals surface area contributed by atoms with Gasteiger partial charge in [0.15, 0.2) is 12.0 Å². The van der Waals surface area contributed by atoms with Crippen LogP contribution >= 0.6 is 0 Å². The Morgan fingerprint density at radius 3 is 2.85 bits per heavy atom. The number of aliphatic hydroxyl groups is 1. The Morgan fingerprint density at radius 1 is 1.44 bits per heavy atom. The average Bonchev–Trinajstić information content (AvgIpc) is 3.19. The molecule has 3 rings (SSSR count). The molecule has 9 nitrogen and oxygen atoms in total. The van der Waals surface area contributed by atoms with Crippen LogP contribution in [0.1, 0.15) is 18.4 Å². The van der Waals surface area contributed by atoms with Gasteiger partial charge in [-0.1, -0.05) is 0 Å². The van der Waals surface area contributed by atoms with Crippen LogP contribution in [0.4, 0.5) is 23.7 Å². The molecule has 0 bridgehead atoms. The number of aliphatic hydroxyl groups excluding tert-OH is 1. The molecule has 0 radical (unpaired) electrons. The van der Waals surface area contributed by atoms with Gasteiger partial charge in [0.1, 0.15) is 0 Å². The van der Waals surface area contributed by atoms with E-state index in [1.165, 1.54) is 11.1 Å². The van der Waals surface area contributed by atoms with Crippen molar-refractivity contribution in [2.75, 3.05) is 18.4 Å². The minimum Gasteiger partial charge on any atom is -0.436 e. The minimum atomic E-state index is -4.98. The molecule has 1 unspecified atom stereocenters. The van der Waals surface area contributed by atoms with Crippen LogP contribution in [0.3, 0.4) is 0 Å². The number of pyridine rings is 1. The topological polar surface area (TPSA) is 134 Å². The van der Waals surface area contributed by atoms with E-state index in [2.05, 4.69) is 10.3 Å². The van der Waals surface area contributed by atoms with Gasteiger partial charge >= 0.3 is 18.1 Å². The first-order valence-corrected chi connectivity index (χ1v) is 7.91. The number of hydrogen-bond donors (Lipinski definition) is 4. The number of carbonyl (C=O) groups excluding carboxylic acids is 2. The molecule has 0 aliphatic carbocycles. The molecule has 2 atom stereocenters. The fourth-order valence-corrected chi connectivity index (χ4v) is 2.80. The number of nitrogens with two attached hydrogens (primary N) is 1. The van der Waals surface area contributed by atoms with Gasteiger partial charge in [-0.15, -0.1) is 0 Å². The van der Waals surface area contributed by atoms with Crippen molar-refractivity contribution in [2.45, 2.75) is 24.9 Å². The number of hydrogen-bond acceptors (Lipinski definition) is 6. The van der Waals surface area contributed by atoms with E-state index in [9.17, 15) is 27.9 Å². The molecule has 1 aliphatic rings. The van der Waals surface area contributed by atoms with Crippen LogP contribution in [-0.2, 0) is 4.79 Å². The average molecular weight is 387 g/mol. The second-order valence-electron chi connectivity index (χ2n) is 5.98. The first-order valence-electron chi connectivity index (χ1n) is 7.91. The van der Waals surface area contributed by atoms with Crippen molar-refractivity contribution in [3.8, 4) is 0 Å². The van der Waals surface area contributed by atoms with Crippen molar-refractivity contribution >= 4 is 28.7 Å². The lowest BCUT2D eigenvalue weighted by Crippen LogP contribution is -2.45. The van der Waals surface area contributed by atoms with Gasteiger partial charge in [-0.05, 0) is 18.6 Å². The van der Waals surface area contributed by atoms with Crippen LogP contribution in [0.25, 0.3) is 11.1 Å². The molecule has 0 spiro atoms. The summed E-state index contributed by atoms with van der Waals surface area (Å²) in [4.78, 5) is 28.7. The van der Waals surface area contributed by atoms with Crippen molar-refractivity contribution in [2.24, 2.45) is 5.73 Å². The summed E-state index contributed by atoms with van der Waals surface area (Å²) in [6.07, 6.45) is -4.86. The van der Waals surface area contributed by atoms with E-state index >= 15 is 0 Å². The van der Waals surface area contributed by atoms with Gasteiger partial charge in [0.05, 0.1) is 11.1 Å². The molecule has 3 amide bonds. The Balaban J connectivity index is 1.71. The zero-order chi connectivity index (χ0) is 19.8. The minimum absolute atomic E-state index is 0.0950. The van der Waals surface area contributed by atoms with E-state index in [-0.39, 0.29) is 36.7 Å². The number of rotatable bonds is 3. The van der Waals surface area contributed by atoms with Crippen molar-refractivity contribution in [3.63, 3.8) is 0 Å². The van der Waals surface area contributed by atoms with Crippen LogP contribution < -0.4 is 16.4 Å². The number of anilines is 1. The maximum absolute atomic E-state index is 12.5. The predicted octanol–water partition coefficient (Wildman–Crippen LogP) is 1.06. The molecule has 2 aromatic rings. The normalized spacial score (nSPS) is 18.6. The first kappa shape index (κ1) is 18.9. The summed E-state index contributed by atoms with van der Waals surface area (Å²) < 4.78 is 42.3. The maximum Gasteiger partial charge on any atom is 0.471 e. The van der Waals surface area contributed by atoms with Crippen LogP contribution in [0.15, 0.2) is 22.7 Å². The molecule has 12 heteroatoms. The van der Waals surface area contributed by atoms with Crippen molar-refractivity contribution in [1.82, 2.24) is 15.2 Å². The quantitative estimate of drug-likeness (QED) is 0.582. The van der Waals surface area contributed by atoms with E-state index in [1.54, 1.807) is 12.1 Å². The van der Waals surface area contributed by atoms with Gasteiger partial charge in [-0.3, -0.25) is 10.5 Å². The lowest BCUT2D eigenvalue weighted by molar-refractivity contribution is -0.174. The molecule has 0 saturated carbocycles. The van der Waals surface area contributed by atoms with Gasteiger partial charge in [0.2, 0.25) is 5.71 Å². The van der Waals surface area contributed by atoms with E-state index in [0.29, 0.717) is 5.39 Å². The van der Waals surface area contributed by atoms with E-state index < -0.39 is 30.4 Å². The summed E-state index contributed by atoms with van der Waals surface area (Å²) in [6, 6.07) is 1.75. The highest BCUT2D eigenvalue weighted by molar-refractivity contribution is 6.00. The van der Waals surface area contributed by atoms with Crippen LogP contribution in [0.5, 0.6) is 0 Å². The highest BCUT2D eigenvalue weighted by Gasteiger charge is 2.41. The van der Waals surface area contributed by atoms with E-state index in [1.807, 2.05) is 5.32 Å². The van der Waals surface area contributed by atoms with Crippen molar-refractivity contribution < 1.29 is 32.3 Å². The summed E-state index contributed by atoms with van der Waals surface area (Å²) in [5.74, 6) is -2.15. The molecule has 1 fully saturated rings. The van der Waals surface area contributed by atoms with Crippen LogP contribution in [0.2, 0.25) is 0 Å². The maximum atomic E-state index is 12.5. The Bertz CT molecular complexity index is 867. The Kier molecular flexibility index (Phi) is 4.93. The third-order valence-electron chi connectivity index (χ3n) is 4.06. The van der Waals surface area contributed by atoms with Crippen molar-refractivity contribution in [3.05, 3.63) is 24.1 Å². The standard InChI is InChI=1S/C15H16F3N5O4/c16-15(17,18)13(25)21-7-3-5-23(6-7)14(26)22-9-8-2-1-4-20-12(8)27-10(9)11(19)24/h1-2,4,7,11,24H,3,5-6,19H2,(H,21,25)(H,22,26)/t7-,11?/m1/s1. The number of nitrogens with zero attached hydrogens (tertiary/aromatic N) is 2. The number of halogens is 3. The number of carbonyl (C=O) groups is 2. The zero-order valence-electron chi connectivity index (χ0n) is 13.8. The number of nitrogens with one attached hydrogen (secondary N) is 2.